The Labute approximate surface area is 172 Å². The largest absolute Gasteiger partial charge is 0.494 e. The fourth-order valence-corrected chi connectivity index (χ4v) is 3.94. The van der Waals surface area contributed by atoms with Gasteiger partial charge in [0.05, 0.1) is 19.2 Å². The summed E-state index contributed by atoms with van der Waals surface area (Å²) in [6, 6.07) is 9.43. The molecular formula is C23H29N3O3. The number of piperidine rings is 1. The lowest BCUT2D eigenvalue weighted by Gasteiger charge is -2.34. The van der Waals surface area contributed by atoms with E-state index in [1.165, 1.54) is 0 Å². The molecule has 0 spiro atoms. The first-order valence-corrected chi connectivity index (χ1v) is 10.3. The van der Waals surface area contributed by atoms with E-state index in [1.807, 2.05) is 54.0 Å². The van der Waals surface area contributed by atoms with Gasteiger partial charge in [-0.05, 0) is 50.5 Å². The van der Waals surface area contributed by atoms with Gasteiger partial charge in [0, 0.05) is 43.5 Å². The first kappa shape index (κ1) is 20.8. The molecule has 154 valence electrons. The molecule has 1 aromatic heterocycles. The third-order valence-corrected chi connectivity index (χ3v) is 5.56. The number of ether oxygens (including phenoxy) is 1. The van der Waals surface area contributed by atoms with E-state index < -0.39 is 0 Å². The molecule has 1 aliphatic heterocycles. The van der Waals surface area contributed by atoms with Gasteiger partial charge >= 0.3 is 0 Å². The monoisotopic (exact) mass is 395 g/mol. The van der Waals surface area contributed by atoms with Gasteiger partial charge in [-0.2, -0.15) is 0 Å². The third kappa shape index (κ3) is 4.58. The minimum Gasteiger partial charge on any atom is -0.494 e. The number of hydrogen-bond acceptors (Lipinski definition) is 4. The summed E-state index contributed by atoms with van der Waals surface area (Å²) in [6.07, 6.45) is 5.06. The lowest BCUT2D eigenvalue weighted by Crippen LogP contribution is -2.46. The standard InChI is InChI=1S/C23H29N3O3/c1-4-25(5-2)23(28)19-10-7-13-26(16-19)22(27)18-9-6-8-17(14-18)20-11-12-24-15-21(20)29-3/h6,8-9,11-12,14-15,19H,4-5,7,10,13,16H2,1-3H3. The summed E-state index contributed by atoms with van der Waals surface area (Å²) in [5, 5.41) is 0. The van der Waals surface area contributed by atoms with Crippen LogP contribution >= 0.6 is 0 Å². The molecule has 1 fully saturated rings. The highest BCUT2D eigenvalue weighted by Crippen LogP contribution is 2.30. The second-order valence-corrected chi connectivity index (χ2v) is 7.26. The van der Waals surface area contributed by atoms with Gasteiger partial charge in [-0.1, -0.05) is 12.1 Å². The molecule has 2 heterocycles. The minimum absolute atomic E-state index is 0.0306. The quantitative estimate of drug-likeness (QED) is 0.751. The SMILES string of the molecule is CCN(CC)C(=O)C1CCCN(C(=O)c2cccc(-c3ccncc3OC)c2)C1. The molecule has 1 aromatic carbocycles. The predicted octanol–water partition coefficient (Wildman–Crippen LogP) is 3.48. The number of likely N-dealkylation sites (tertiary alicyclic amines) is 1. The molecular weight excluding hydrogens is 366 g/mol. The van der Waals surface area contributed by atoms with Gasteiger partial charge in [0.25, 0.3) is 5.91 Å². The highest BCUT2D eigenvalue weighted by atomic mass is 16.5. The van der Waals surface area contributed by atoms with E-state index >= 15 is 0 Å². The molecule has 1 atom stereocenters. The number of amides is 2. The highest BCUT2D eigenvalue weighted by Gasteiger charge is 2.30. The number of pyridine rings is 1. The zero-order chi connectivity index (χ0) is 20.8. The number of hydrogen-bond donors (Lipinski definition) is 0. The number of aromatic nitrogens is 1. The van der Waals surface area contributed by atoms with E-state index in [0.29, 0.717) is 37.5 Å². The Morgan fingerprint density at radius 3 is 2.76 bits per heavy atom. The number of rotatable bonds is 6. The van der Waals surface area contributed by atoms with Crippen molar-refractivity contribution < 1.29 is 14.3 Å². The average molecular weight is 396 g/mol. The Balaban J connectivity index is 1.79. The third-order valence-electron chi connectivity index (χ3n) is 5.56. The molecule has 1 saturated heterocycles. The van der Waals surface area contributed by atoms with E-state index in [9.17, 15) is 9.59 Å². The van der Waals surface area contributed by atoms with E-state index in [-0.39, 0.29) is 17.7 Å². The van der Waals surface area contributed by atoms with E-state index in [2.05, 4.69) is 4.98 Å². The van der Waals surface area contributed by atoms with Gasteiger partial charge in [0.1, 0.15) is 5.75 Å². The molecule has 3 rings (SSSR count). The van der Waals surface area contributed by atoms with Crippen LogP contribution in [0.1, 0.15) is 37.0 Å². The van der Waals surface area contributed by atoms with Gasteiger partial charge in [0.2, 0.25) is 5.91 Å². The van der Waals surface area contributed by atoms with Crippen molar-refractivity contribution in [1.29, 1.82) is 0 Å². The predicted molar refractivity (Wildman–Crippen MR) is 113 cm³/mol. The van der Waals surface area contributed by atoms with Crippen LogP contribution in [-0.4, -0.2) is 59.9 Å². The summed E-state index contributed by atoms with van der Waals surface area (Å²) in [4.78, 5) is 33.7. The first-order chi connectivity index (χ1) is 14.1. The van der Waals surface area contributed by atoms with Gasteiger partial charge in [-0.25, -0.2) is 0 Å². The average Bonchev–Trinajstić information content (AvgIpc) is 2.79. The zero-order valence-corrected chi connectivity index (χ0v) is 17.4. The van der Waals surface area contributed by atoms with Gasteiger partial charge < -0.3 is 14.5 Å². The number of methoxy groups -OCH3 is 1. The summed E-state index contributed by atoms with van der Waals surface area (Å²) in [7, 11) is 1.61. The lowest BCUT2D eigenvalue weighted by molar-refractivity contribution is -0.136. The van der Waals surface area contributed by atoms with Crippen molar-refractivity contribution in [1.82, 2.24) is 14.8 Å². The molecule has 29 heavy (non-hydrogen) atoms. The van der Waals surface area contributed by atoms with Crippen LogP contribution in [0.15, 0.2) is 42.7 Å². The van der Waals surface area contributed by atoms with Crippen LogP contribution in [0.5, 0.6) is 5.75 Å². The van der Waals surface area contributed by atoms with Crippen molar-refractivity contribution >= 4 is 11.8 Å². The van der Waals surface area contributed by atoms with Crippen molar-refractivity contribution in [3.05, 3.63) is 48.3 Å². The van der Waals surface area contributed by atoms with E-state index in [1.54, 1.807) is 19.5 Å². The number of carbonyl (C=O) groups is 2. The number of nitrogens with zero attached hydrogens (tertiary/aromatic N) is 3. The van der Waals surface area contributed by atoms with E-state index in [4.69, 9.17) is 4.74 Å². The van der Waals surface area contributed by atoms with Crippen molar-refractivity contribution in [2.75, 3.05) is 33.3 Å². The fourth-order valence-electron chi connectivity index (χ4n) is 3.94. The maximum atomic E-state index is 13.2. The van der Waals surface area contributed by atoms with Crippen LogP contribution < -0.4 is 4.74 Å². The summed E-state index contributed by atoms with van der Waals surface area (Å²) in [5.74, 6) is 0.677. The van der Waals surface area contributed by atoms with Crippen LogP contribution in [0.3, 0.4) is 0 Å². The van der Waals surface area contributed by atoms with Crippen molar-refractivity contribution in [3.8, 4) is 16.9 Å². The second-order valence-electron chi connectivity index (χ2n) is 7.26. The first-order valence-electron chi connectivity index (χ1n) is 10.3. The smallest absolute Gasteiger partial charge is 0.253 e. The van der Waals surface area contributed by atoms with E-state index in [0.717, 1.165) is 24.0 Å². The highest BCUT2D eigenvalue weighted by molar-refractivity contribution is 5.96. The van der Waals surface area contributed by atoms with Gasteiger partial charge in [0.15, 0.2) is 0 Å². The molecule has 2 amide bonds. The Hall–Kier alpha value is -2.89. The fraction of sp³-hybridized carbons (Fsp3) is 0.435. The molecule has 6 heteroatoms. The van der Waals surface area contributed by atoms with Crippen LogP contribution in [-0.2, 0) is 4.79 Å². The number of benzene rings is 1. The molecule has 0 radical (unpaired) electrons. The Bertz CT molecular complexity index is 864. The normalized spacial score (nSPS) is 16.4. The van der Waals surface area contributed by atoms with Crippen LogP contribution in [0, 0.1) is 5.92 Å². The molecule has 1 aliphatic rings. The molecule has 0 saturated carbocycles. The lowest BCUT2D eigenvalue weighted by atomic mass is 9.95. The van der Waals surface area contributed by atoms with Gasteiger partial charge in [-0.3, -0.25) is 14.6 Å². The minimum atomic E-state index is -0.115. The number of carbonyl (C=O) groups excluding carboxylic acids is 2. The summed E-state index contributed by atoms with van der Waals surface area (Å²) < 4.78 is 5.40. The summed E-state index contributed by atoms with van der Waals surface area (Å²) in [6.45, 7) is 6.56. The van der Waals surface area contributed by atoms with Crippen molar-refractivity contribution in [2.24, 2.45) is 5.92 Å². The molecule has 6 nitrogen and oxygen atoms in total. The summed E-state index contributed by atoms with van der Waals surface area (Å²) >= 11 is 0. The molecule has 0 bridgehead atoms. The molecule has 0 aliphatic carbocycles. The van der Waals surface area contributed by atoms with Crippen LogP contribution in [0.25, 0.3) is 11.1 Å². The topological polar surface area (TPSA) is 62.7 Å². The Morgan fingerprint density at radius 1 is 1.24 bits per heavy atom. The van der Waals surface area contributed by atoms with Crippen LogP contribution in [0.4, 0.5) is 0 Å². The van der Waals surface area contributed by atoms with Crippen molar-refractivity contribution in [2.45, 2.75) is 26.7 Å². The molecule has 1 unspecified atom stereocenters. The Morgan fingerprint density at radius 2 is 2.03 bits per heavy atom. The molecule has 0 N–H and O–H groups in total. The maximum Gasteiger partial charge on any atom is 0.253 e. The van der Waals surface area contributed by atoms with Crippen molar-refractivity contribution in [3.63, 3.8) is 0 Å². The Kier molecular flexibility index (Phi) is 6.86. The van der Waals surface area contributed by atoms with Crippen LogP contribution in [0.2, 0.25) is 0 Å². The second kappa shape index (κ2) is 9.54. The van der Waals surface area contributed by atoms with Gasteiger partial charge in [-0.15, -0.1) is 0 Å². The molecule has 2 aromatic rings. The summed E-state index contributed by atoms with van der Waals surface area (Å²) in [5.41, 5.74) is 2.42. The zero-order valence-electron chi connectivity index (χ0n) is 17.4. The maximum absolute atomic E-state index is 13.2.